The number of hydrogen-bond donors (Lipinski definition) is 1. The Labute approximate surface area is 62.2 Å². The molecule has 0 aliphatic heterocycles. The van der Waals surface area contributed by atoms with Gasteiger partial charge in [0, 0.05) is 49.3 Å². The Hall–Kier alpha value is 1.38. The molecule has 0 aliphatic rings. The van der Waals surface area contributed by atoms with Gasteiger partial charge in [-0.3, -0.25) is 0 Å². The van der Waals surface area contributed by atoms with Crippen LogP contribution in [-0.2, 0) is 0 Å². The van der Waals surface area contributed by atoms with Crippen LogP contribution in [0.25, 0.3) is 0 Å². The molecule has 1 nitrogen and oxygen atoms in total. The summed E-state index contributed by atoms with van der Waals surface area (Å²) in [6.45, 7) is 0. The van der Waals surface area contributed by atoms with E-state index in [0.29, 0.717) is 0 Å². The van der Waals surface area contributed by atoms with Gasteiger partial charge in [-0.15, -0.1) is 0 Å². The van der Waals surface area contributed by atoms with Crippen molar-refractivity contribution in [2.24, 2.45) is 0 Å². The van der Waals surface area contributed by atoms with E-state index in [4.69, 9.17) is 0 Å². The summed E-state index contributed by atoms with van der Waals surface area (Å²) in [5.74, 6) is 0. The van der Waals surface area contributed by atoms with Gasteiger partial charge >= 0.3 is 0 Å². The summed E-state index contributed by atoms with van der Waals surface area (Å²) < 4.78 is 0. The van der Waals surface area contributed by atoms with E-state index in [1.54, 1.807) is 0 Å². The first kappa shape index (κ1) is 54.4. The molecule has 0 bridgehead atoms. The molecule has 0 aromatic carbocycles. The second kappa shape index (κ2) is 26.3. The smallest absolute Gasteiger partial charge is 0 e. The molecule has 0 fully saturated rings. The molecule has 0 aliphatic carbocycles. The third-order valence-corrected chi connectivity index (χ3v) is 0. The maximum absolute atomic E-state index is 0. The molecule has 3 heteroatoms. The average Bonchev–Trinajstić information content (AvgIpc) is 0. The normalized spacial score (nSPS) is 0. The summed E-state index contributed by atoms with van der Waals surface area (Å²) in [7, 11) is 0. The Morgan fingerprint density at radius 1 is 1.00 bits per heavy atom. The zero-order valence-corrected chi connectivity index (χ0v) is 4.99. The second-order valence-electron chi connectivity index (χ2n) is 0. The Kier molecular flexibility index (Phi) is 358. The van der Waals surface area contributed by atoms with Gasteiger partial charge < -0.3 is 6.15 Å². The summed E-state index contributed by atoms with van der Waals surface area (Å²) in [6, 6.07) is 0. The van der Waals surface area contributed by atoms with E-state index < -0.39 is 0 Å². The van der Waals surface area contributed by atoms with Gasteiger partial charge in [0.05, 0.1) is 0 Å². The zero-order chi connectivity index (χ0) is 0. The molecule has 0 rings (SSSR count). The first-order valence-electron chi connectivity index (χ1n) is 0. The SMILES string of the molecule is C.N.[B].[Nd]. The van der Waals surface area contributed by atoms with Crippen LogP contribution in [0.1, 0.15) is 7.43 Å². The predicted molar refractivity (Wildman–Crippen MR) is 17.5 cm³/mol. The van der Waals surface area contributed by atoms with Crippen LogP contribution in [0.3, 0.4) is 0 Å². The van der Waals surface area contributed by atoms with E-state index in [1.807, 2.05) is 0 Å². The Balaban J connectivity index is 0. The molecule has 0 unspecified atom stereocenters. The third-order valence-electron chi connectivity index (χ3n) is 0. The number of hydrogen-bond acceptors (Lipinski definition) is 1. The van der Waals surface area contributed by atoms with Gasteiger partial charge in [0.15, 0.2) is 0 Å². The molecule has 0 aromatic rings. The minimum Gasteiger partial charge on any atom is -0.344 e. The standard InChI is InChI=1S/CH4.B.H3N.Nd/h1H4;;1H3;. The first-order chi connectivity index (χ1) is 0. The van der Waals surface area contributed by atoms with Crippen LogP contribution in [0.5, 0.6) is 0 Å². The molecule has 0 atom stereocenters. The molecular formula is CH7BNNd. The first-order valence-corrected chi connectivity index (χ1v) is 0. The van der Waals surface area contributed by atoms with Crippen molar-refractivity contribution in [2.45, 2.75) is 7.43 Å². The van der Waals surface area contributed by atoms with Gasteiger partial charge in [-0.25, -0.2) is 0 Å². The molecule has 3 N–H and O–H groups in total. The maximum atomic E-state index is 0. The molecule has 0 amide bonds. The molecule has 0 aromatic heterocycles. The zero-order valence-electron chi connectivity index (χ0n) is 1.78. The summed E-state index contributed by atoms with van der Waals surface area (Å²) in [6.07, 6.45) is 0. The van der Waals surface area contributed by atoms with Gasteiger partial charge in [0.25, 0.3) is 0 Å². The minimum atomic E-state index is 0. The Morgan fingerprint density at radius 2 is 1.00 bits per heavy atom. The van der Waals surface area contributed by atoms with E-state index in [9.17, 15) is 0 Å². The van der Waals surface area contributed by atoms with Crippen LogP contribution in [-0.4, -0.2) is 8.41 Å². The van der Waals surface area contributed by atoms with Gasteiger partial charge in [-0.05, 0) is 0 Å². The average molecular weight is 188 g/mol. The summed E-state index contributed by atoms with van der Waals surface area (Å²) >= 11 is 0. The fourth-order valence-electron chi connectivity index (χ4n) is 0. The van der Waals surface area contributed by atoms with Crippen molar-refractivity contribution < 1.29 is 40.8 Å². The molecule has 0 saturated carbocycles. The van der Waals surface area contributed by atoms with Gasteiger partial charge in [-0.2, -0.15) is 0 Å². The van der Waals surface area contributed by atoms with Crippen LogP contribution in [0.2, 0.25) is 0 Å². The van der Waals surface area contributed by atoms with Gasteiger partial charge in [-0.1, -0.05) is 7.43 Å². The van der Waals surface area contributed by atoms with E-state index in [-0.39, 0.29) is 62.8 Å². The third kappa shape index (κ3) is 10.1. The van der Waals surface area contributed by atoms with Crippen molar-refractivity contribution in [1.29, 1.82) is 0 Å². The summed E-state index contributed by atoms with van der Waals surface area (Å²) in [5.41, 5.74) is 0. The molecule has 4 heavy (non-hydrogen) atoms. The molecule has 23 valence electrons. The molecular weight excluding hydrogens is 181 g/mol. The predicted octanol–water partition coefficient (Wildman–Crippen LogP) is 0.417. The largest absolute Gasteiger partial charge is 0.344 e. The minimum absolute atomic E-state index is 0. The van der Waals surface area contributed by atoms with Crippen molar-refractivity contribution in [2.75, 3.05) is 0 Å². The second-order valence-corrected chi connectivity index (χ2v) is 0. The monoisotopic (exact) mass is 186 g/mol. The van der Waals surface area contributed by atoms with Crippen LogP contribution in [0.4, 0.5) is 0 Å². The fraction of sp³-hybridized carbons (Fsp3) is 1.00. The summed E-state index contributed by atoms with van der Waals surface area (Å²) in [4.78, 5) is 0. The van der Waals surface area contributed by atoms with Crippen LogP contribution in [0, 0.1) is 40.8 Å². The van der Waals surface area contributed by atoms with Crippen molar-refractivity contribution in [3.63, 3.8) is 0 Å². The molecule has 3 radical (unpaired) electrons. The van der Waals surface area contributed by atoms with Crippen LogP contribution >= 0.6 is 0 Å². The molecule has 0 spiro atoms. The molecule has 0 heterocycles. The molecule has 0 saturated heterocycles. The number of rotatable bonds is 0. The topological polar surface area (TPSA) is 35.0 Å². The quantitative estimate of drug-likeness (QED) is 0.549. The fourth-order valence-corrected chi connectivity index (χ4v) is 0. The van der Waals surface area contributed by atoms with Crippen molar-refractivity contribution in [1.82, 2.24) is 6.15 Å². The van der Waals surface area contributed by atoms with Crippen molar-refractivity contribution in [3.8, 4) is 0 Å². The van der Waals surface area contributed by atoms with E-state index in [2.05, 4.69) is 0 Å². The Bertz CT molecular complexity index is 8.00. The van der Waals surface area contributed by atoms with Crippen molar-refractivity contribution in [3.05, 3.63) is 0 Å². The van der Waals surface area contributed by atoms with E-state index >= 15 is 0 Å². The van der Waals surface area contributed by atoms with Crippen LogP contribution in [0.15, 0.2) is 0 Å². The van der Waals surface area contributed by atoms with Crippen LogP contribution < -0.4 is 6.15 Å². The van der Waals surface area contributed by atoms with Crippen molar-refractivity contribution >= 4 is 8.41 Å². The Morgan fingerprint density at radius 3 is 1.00 bits per heavy atom. The van der Waals surface area contributed by atoms with E-state index in [1.165, 1.54) is 0 Å². The van der Waals surface area contributed by atoms with Gasteiger partial charge in [0.2, 0.25) is 0 Å². The van der Waals surface area contributed by atoms with Gasteiger partial charge in [0.1, 0.15) is 0 Å². The summed E-state index contributed by atoms with van der Waals surface area (Å²) in [5, 5.41) is 0. The maximum Gasteiger partial charge on any atom is 0 e. The van der Waals surface area contributed by atoms with E-state index in [0.717, 1.165) is 0 Å².